The first kappa shape index (κ1) is 14.1. The molecular formula is C13H15F4NO. The average Bonchev–Trinajstić information content (AvgIpc) is 2.38. The molecule has 0 saturated carbocycles. The molecule has 1 fully saturated rings. The molecule has 19 heavy (non-hydrogen) atoms. The zero-order valence-corrected chi connectivity index (χ0v) is 10.3. The molecule has 0 spiro atoms. The van der Waals surface area contributed by atoms with Crippen molar-refractivity contribution >= 4 is 0 Å². The highest BCUT2D eigenvalue weighted by Gasteiger charge is 2.28. The van der Waals surface area contributed by atoms with Crippen LogP contribution >= 0.6 is 0 Å². The van der Waals surface area contributed by atoms with Gasteiger partial charge in [0.15, 0.2) is 6.61 Å². The van der Waals surface area contributed by atoms with Gasteiger partial charge >= 0.3 is 6.18 Å². The van der Waals surface area contributed by atoms with Crippen molar-refractivity contribution in [3.05, 3.63) is 29.6 Å². The number of hydrogen-bond donors (Lipinski definition) is 1. The largest absolute Gasteiger partial charge is 0.484 e. The standard InChI is InChI=1S/C13H15F4NO/c14-12-2-1-10(19-8-13(15,16)17)7-11(12)9-3-5-18-6-4-9/h1-2,7,9,18H,3-6,8H2. The van der Waals surface area contributed by atoms with Crippen LogP contribution in [0.1, 0.15) is 24.3 Å². The van der Waals surface area contributed by atoms with Crippen LogP contribution in [0.3, 0.4) is 0 Å². The maximum absolute atomic E-state index is 13.7. The number of benzene rings is 1. The first-order valence-corrected chi connectivity index (χ1v) is 6.15. The van der Waals surface area contributed by atoms with Gasteiger partial charge in [0.1, 0.15) is 11.6 Å². The molecule has 1 aliphatic heterocycles. The summed E-state index contributed by atoms with van der Waals surface area (Å²) in [5.41, 5.74) is 0.446. The third kappa shape index (κ3) is 4.09. The summed E-state index contributed by atoms with van der Waals surface area (Å²) in [5.74, 6) is -0.283. The molecule has 0 amide bonds. The highest BCUT2D eigenvalue weighted by molar-refractivity contribution is 5.32. The van der Waals surface area contributed by atoms with Gasteiger partial charge in [0.2, 0.25) is 0 Å². The Bertz CT molecular complexity index is 427. The van der Waals surface area contributed by atoms with E-state index in [0.717, 1.165) is 25.9 Å². The molecule has 1 aromatic rings. The number of ether oxygens (including phenoxy) is 1. The quantitative estimate of drug-likeness (QED) is 0.856. The van der Waals surface area contributed by atoms with Gasteiger partial charge in [0, 0.05) is 0 Å². The summed E-state index contributed by atoms with van der Waals surface area (Å²) >= 11 is 0. The fourth-order valence-corrected chi connectivity index (χ4v) is 2.22. The lowest BCUT2D eigenvalue weighted by Crippen LogP contribution is -2.27. The minimum absolute atomic E-state index is 0.0377. The first-order chi connectivity index (χ1) is 8.96. The van der Waals surface area contributed by atoms with E-state index in [0.29, 0.717) is 5.56 Å². The van der Waals surface area contributed by atoms with Crippen LogP contribution in [0, 0.1) is 5.82 Å². The Balaban J connectivity index is 2.10. The van der Waals surface area contributed by atoms with Crippen LogP contribution in [0.5, 0.6) is 5.75 Å². The Morgan fingerprint density at radius 2 is 1.89 bits per heavy atom. The van der Waals surface area contributed by atoms with Crippen molar-refractivity contribution in [3.8, 4) is 5.75 Å². The minimum Gasteiger partial charge on any atom is -0.484 e. The molecule has 0 bridgehead atoms. The Kier molecular flexibility index (Phi) is 4.29. The zero-order chi connectivity index (χ0) is 13.9. The first-order valence-electron chi connectivity index (χ1n) is 6.15. The van der Waals surface area contributed by atoms with Crippen LogP contribution in [-0.2, 0) is 0 Å². The van der Waals surface area contributed by atoms with E-state index in [4.69, 9.17) is 0 Å². The molecule has 0 aromatic heterocycles. The molecule has 0 aliphatic carbocycles. The SMILES string of the molecule is Fc1ccc(OCC(F)(F)F)cc1C1CCNCC1. The van der Waals surface area contributed by atoms with Crippen LogP contribution < -0.4 is 10.1 Å². The van der Waals surface area contributed by atoms with Crippen LogP contribution in [0.4, 0.5) is 17.6 Å². The fourth-order valence-electron chi connectivity index (χ4n) is 2.22. The summed E-state index contributed by atoms with van der Waals surface area (Å²) in [6.07, 6.45) is -2.83. The molecule has 106 valence electrons. The van der Waals surface area contributed by atoms with Gasteiger partial charge in [-0.1, -0.05) is 0 Å². The number of rotatable bonds is 3. The number of hydrogen-bond acceptors (Lipinski definition) is 2. The van der Waals surface area contributed by atoms with Gasteiger partial charge in [0.25, 0.3) is 0 Å². The van der Waals surface area contributed by atoms with E-state index < -0.39 is 12.8 Å². The predicted octanol–water partition coefficient (Wildman–Crippen LogP) is 3.23. The van der Waals surface area contributed by atoms with Crippen molar-refractivity contribution in [2.75, 3.05) is 19.7 Å². The molecule has 0 radical (unpaired) electrons. The molecular weight excluding hydrogens is 262 g/mol. The molecule has 1 saturated heterocycles. The predicted molar refractivity (Wildman–Crippen MR) is 62.8 cm³/mol. The molecule has 6 heteroatoms. The van der Waals surface area contributed by atoms with E-state index in [2.05, 4.69) is 10.1 Å². The van der Waals surface area contributed by atoms with Gasteiger partial charge in [-0.05, 0) is 55.6 Å². The maximum atomic E-state index is 13.7. The monoisotopic (exact) mass is 277 g/mol. The summed E-state index contributed by atoms with van der Waals surface area (Å²) in [4.78, 5) is 0. The molecule has 1 heterocycles. The van der Waals surface area contributed by atoms with Crippen molar-refractivity contribution in [2.45, 2.75) is 24.9 Å². The normalized spacial score (nSPS) is 17.5. The third-order valence-electron chi connectivity index (χ3n) is 3.15. The molecule has 1 N–H and O–H groups in total. The van der Waals surface area contributed by atoms with E-state index in [9.17, 15) is 17.6 Å². The summed E-state index contributed by atoms with van der Waals surface area (Å²) in [5, 5.41) is 3.16. The van der Waals surface area contributed by atoms with Crippen molar-refractivity contribution in [2.24, 2.45) is 0 Å². The fraction of sp³-hybridized carbons (Fsp3) is 0.538. The Labute approximate surface area is 108 Å². The van der Waals surface area contributed by atoms with Gasteiger partial charge in [-0.2, -0.15) is 13.2 Å². The molecule has 1 aliphatic rings. The summed E-state index contributed by atoms with van der Waals surface area (Å²) in [6.45, 7) is 0.222. The van der Waals surface area contributed by atoms with E-state index in [1.807, 2.05) is 0 Å². The second-order valence-electron chi connectivity index (χ2n) is 4.61. The van der Waals surface area contributed by atoms with Gasteiger partial charge in [-0.3, -0.25) is 0 Å². The second kappa shape index (κ2) is 5.77. The molecule has 0 atom stereocenters. The highest BCUT2D eigenvalue weighted by Crippen LogP contribution is 2.30. The van der Waals surface area contributed by atoms with Crippen molar-refractivity contribution in [1.82, 2.24) is 5.32 Å². The number of halogens is 4. The average molecular weight is 277 g/mol. The van der Waals surface area contributed by atoms with Crippen molar-refractivity contribution in [3.63, 3.8) is 0 Å². The molecule has 0 unspecified atom stereocenters. The Hall–Kier alpha value is -1.30. The smallest absolute Gasteiger partial charge is 0.422 e. The third-order valence-corrected chi connectivity index (χ3v) is 3.15. The number of nitrogens with one attached hydrogen (secondary N) is 1. The van der Waals surface area contributed by atoms with Gasteiger partial charge < -0.3 is 10.1 Å². The lowest BCUT2D eigenvalue weighted by atomic mass is 9.90. The van der Waals surface area contributed by atoms with E-state index in [1.54, 1.807) is 0 Å². The van der Waals surface area contributed by atoms with Crippen LogP contribution in [-0.4, -0.2) is 25.9 Å². The Morgan fingerprint density at radius 3 is 2.53 bits per heavy atom. The van der Waals surface area contributed by atoms with Crippen LogP contribution in [0.2, 0.25) is 0 Å². The summed E-state index contributed by atoms with van der Waals surface area (Å²) in [7, 11) is 0. The lowest BCUT2D eigenvalue weighted by molar-refractivity contribution is -0.153. The van der Waals surface area contributed by atoms with Gasteiger partial charge in [-0.15, -0.1) is 0 Å². The zero-order valence-electron chi connectivity index (χ0n) is 10.3. The Morgan fingerprint density at radius 1 is 1.21 bits per heavy atom. The van der Waals surface area contributed by atoms with E-state index in [-0.39, 0.29) is 17.5 Å². The van der Waals surface area contributed by atoms with Crippen LogP contribution in [0.25, 0.3) is 0 Å². The minimum atomic E-state index is -4.39. The van der Waals surface area contributed by atoms with Gasteiger partial charge in [0.05, 0.1) is 0 Å². The van der Waals surface area contributed by atoms with Gasteiger partial charge in [-0.25, -0.2) is 4.39 Å². The number of alkyl halides is 3. The number of piperidine rings is 1. The molecule has 2 nitrogen and oxygen atoms in total. The lowest BCUT2D eigenvalue weighted by Gasteiger charge is -2.23. The summed E-state index contributed by atoms with van der Waals surface area (Å²) in [6, 6.07) is 3.78. The molecule has 1 aromatic carbocycles. The van der Waals surface area contributed by atoms with Crippen molar-refractivity contribution in [1.29, 1.82) is 0 Å². The topological polar surface area (TPSA) is 21.3 Å². The second-order valence-corrected chi connectivity index (χ2v) is 4.61. The highest BCUT2D eigenvalue weighted by atomic mass is 19.4. The maximum Gasteiger partial charge on any atom is 0.422 e. The van der Waals surface area contributed by atoms with Crippen molar-refractivity contribution < 1.29 is 22.3 Å². The summed E-state index contributed by atoms with van der Waals surface area (Å²) < 4.78 is 54.6. The van der Waals surface area contributed by atoms with E-state index >= 15 is 0 Å². The van der Waals surface area contributed by atoms with Crippen LogP contribution in [0.15, 0.2) is 18.2 Å². The van der Waals surface area contributed by atoms with E-state index in [1.165, 1.54) is 18.2 Å². The molecule has 2 rings (SSSR count).